The zero-order valence-electron chi connectivity index (χ0n) is 9.68. The highest BCUT2D eigenvalue weighted by molar-refractivity contribution is 9.10. The fourth-order valence-electron chi connectivity index (χ4n) is 2.25. The first-order valence-corrected chi connectivity index (χ1v) is 6.19. The van der Waals surface area contributed by atoms with E-state index in [-0.39, 0.29) is 18.5 Å². The molecule has 2 nitrogen and oxygen atoms in total. The molecule has 0 radical (unpaired) electrons. The number of nitrogens with two attached hydrogens (primary N) is 1. The minimum absolute atomic E-state index is 0.189. The van der Waals surface area contributed by atoms with Crippen molar-refractivity contribution in [3.05, 3.63) is 33.9 Å². The molecule has 0 aliphatic rings. The molecule has 18 heavy (non-hydrogen) atoms. The van der Waals surface area contributed by atoms with Gasteiger partial charge < -0.3 is 10.3 Å². The van der Waals surface area contributed by atoms with Crippen molar-refractivity contribution in [3.8, 4) is 0 Å². The molecule has 98 valence electrons. The second kappa shape index (κ2) is 4.59. The lowest BCUT2D eigenvalue weighted by Crippen LogP contribution is -2.15. The van der Waals surface area contributed by atoms with E-state index in [0.717, 1.165) is 4.47 Å². The van der Waals surface area contributed by atoms with Crippen molar-refractivity contribution in [2.45, 2.75) is 12.6 Å². The normalized spacial score (nSPS) is 12.3. The molecule has 2 N–H and O–H groups in total. The Balaban J connectivity index is 2.83. The summed E-state index contributed by atoms with van der Waals surface area (Å²) >= 11 is 3.28. The molecule has 6 heteroatoms. The van der Waals surface area contributed by atoms with E-state index in [1.54, 1.807) is 18.2 Å². The summed E-state index contributed by atoms with van der Waals surface area (Å²) in [5.74, 6) is 0. The molecular formula is C12H12BrF3N2. The fraction of sp³-hybridized carbons (Fsp3) is 0.333. The van der Waals surface area contributed by atoms with E-state index in [1.165, 1.54) is 11.6 Å². The van der Waals surface area contributed by atoms with Crippen molar-refractivity contribution in [3.63, 3.8) is 0 Å². The number of fused-ring (bicyclic) bond motifs is 1. The van der Waals surface area contributed by atoms with Crippen LogP contribution in [0.2, 0.25) is 0 Å². The topological polar surface area (TPSA) is 30.9 Å². The van der Waals surface area contributed by atoms with Gasteiger partial charge in [0, 0.05) is 22.4 Å². The Morgan fingerprint density at radius 1 is 1.33 bits per heavy atom. The van der Waals surface area contributed by atoms with Crippen LogP contribution in [0, 0.1) is 0 Å². The second-order valence-electron chi connectivity index (χ2n) is 4.08. The van der Waals surface area contributed by atoms with E-state index >= 15 is 0 Å². The summed E-state index contributed by atoms with van der Waals surface area (Å²) in [6.45, 7) is 0.189. The summed E-state index contributed by atoms with van der Waals surface area (Å²) in [5, 5.41) is 0.602. The molecule has 0 aliphatic carbocycles. The molecule has 0 bridgehead atoms. The predicted octanol–water partition coefficient (Wildman–Crippen LogP) is 3.46. The molecule has 0 aliphatic heterocycles. The highest BCUT2D eigenvalue weighted by Crippen LogP contribution is 2.38. The van der Waals surface area contributed by atoms with Crippen molar-refractivity contribution >= 4 is 26.8 Å². The third-order valence-corrected chi connectivity index (χ3v) is 3.42. The summed E-state index contributed by atoms with van der Waals surface area (Å²) < 4.78 is 41.2. The Hall–Kier alpha value is -1.01. The molecule has 2 rings (SSSR count). The van der Waals surface area contributed by atoms with Gasteiger partial charge in [0.1, 0.15) is 5.69 Å². The minimum Gasteiger partial charge on any atom is -0.340 e. The van der Waals surface area contributed by atoms with Crippen LogP contribution >= 0.6 is 15.9 Å². The number of aromatic nitrogens is 1. The van der Waals surface area contributed by atoms with E-state index in [4.69, 9.17) is 5.73 Å². The Kier molecular flexibility index (Phi) is 3.42. The maximum Gasteiger partial charge on any atom is 0.431 e. The van der Waals surface area contributed by atoms with E-state index in [9.17, 15) is 13.2 Å². The second-order valence-corrected chi connectivity index (χ2v) is 5.00. The first-order valence-electron chi connectivity index (χ1n) is 5.40. The standard InChI is InChI=1S/C12H12BrF3N2/c1-18-10-3-2-7(13)6-9(10)8(4-5-17)11(18)12(14,15)16/h2-3,6H,4-5,17H2,1H3. The highest BCUT2D eigenvalue weighted by Gasteiger charge is 2.37. The quantitative estimate of drug-likeness (QED) is 0.902. The van der Waals surface area contributed by atoms with Crippen molar-refractivity contribution in [2.24, 2.45) is 12.8 Å². The van der Waals surface area contributed by atoms with Gasteiger partial charge in [0.15, 0.2) is 0 Å². The van der Waals surface area contributed by atoms with Gasteiger partial charge in [-0.2, -0.15) is 13.2 Å². The highest BCUT2D eigenvalue weighted by atomic mass is 79.9. The summed E-state index contributed by atoms with van der Waals surface area (Å²) in [7, 11) is 1.43. The monoisotopic (exact) mass is 320 g/mol. The van der Waals surface area contributed by atoms with Gasteiger partial charge in [0.25, 0.3) is 0 Å². The van der Waals surface area contributed by atoms with Crippen LogP contribution < -0.4 is 5.73 Å². The zero-order chi connectivity index (χ0) is 13.5. The van der Waals surface area contributed by atoms with Crippen LogP contribution in [0.15, 0.2) is 22.7 Å². The number of hydrogen-bond donors (Lipinski definition) is 1. The molecule has 0 saturated heterocycles. The largest absolute Gasteiger partial charge is 0.431 e. The fourth-order valence-corrected chi connectivity index (χ4v) is 2.61. The number of hydrogen-bond acceptors (Lipinski definition) is 1. The minimum atomic E-state index is -4.37. The van der Waals surface area contributed by atoms with Crippen molar-refractivity contribution in [2.75, 3.05) is 6.54 Å². The SMILES string of the molecule is Cn1c(C(F)(F)F)c(CCN)c2cc(Br)ccc21. The number of halogens is 4. The Morgan fingerprint density at radius 2 is 2.00 bits per heavy atom. The van der Waals surface area contributed by atoms with Crippen molar-refractivity contribution in [1.29, 1.82) is 0 Å². The summed E-state index contributed by atoms with van der Waals surface area (Å²) in [6, 6.07) is 5.11. The maximum absolute atomic E-state index is 13.1. The van der Waals surface area contributed by atoms with Crippen LogP contribution in [0.5, 0.6) is 0 Å². The molecule has 1 aromatic heterocycles. The first kappa shape index (κ1) is 13.4. The van der Waals surface area contributed by atoms with Gasteiger partial charge in [-0.1, -0.05) is 15.9 Å². The number of nitrogens with zero attached hydrogens (tertiary/aromatic N) is 1. The van der Waals surface area contributed by atoms with Gasteiger partial charge in [0.2, 0.25) is 0 Å². The molecule has 0 unspecified atom stereocenters. The number of alkyl halides is 3. The summed E-state index contributed by atoms with van der Waals surface area (Å²) in [6.07, 6.45) is -4.16. The van der Waals surface area contributed by atoms with Crippen molar-refractivity contribution in [1.82, 2.24) is 4.57 Å². The molecule has 0 atom stereocenters. The average Bonchev–Trinajstić information content (AvgIpc) is 2.52. The van der Waals surface area contributed by atoms with E-state index in [1.807, 2.05) is 0 Å². The summed E-state index contributed by atoms with van der Waals surface area (Å²) in [4.78, 5) is 0. The van der Waals surface area contributed by atoms with E-state index in [2.05, 4.69) is 15.9 Å². The zero-order valence-corrected chi connectivity index (χ0v) is 11.3. The van der Waals surface area contributed by atoms with Crippen LogP contribution in [-0.4, -0.2) is 11.1 Å². The molecule has 1 aromatic carbocycles. The van der Waals surface area contributed by atoms with Gasteiger partial charge in [-0.05, 0) is 36.7 Å². The average molecular weight is 321 g/mol. The predicted molar refractivity (Wildman–Crippen MR) is 68.4 cm³/mol. The van der Waals surface area contributed by atoms with Crippen LogP contribution in [0.25, 0.3) is 10.9 Å². The smallest absolute Gasteiger partial charge is 0.340 e. The third kappa shape index (κ3) is 2.14. The van der Waals surface area contributed by atoms with Crippen LogP contribution in [0.4, 0.5) is 13.2 Å². The molecule has 0 amide bonds. The molecule has 2 aromatic rings. The van der Waals surface area contributed by atoms with Gasteiger partial charge in [-0.25, -0.2) is 0 Å². The number of aryl methyl sites for hydroxylation is 1. The lowest BCUT2D eigenvalue weighted by atomic mass is 10.1. The number of benzene rings is 1. The van der Waals surface area contributed by atoms with Crippen LogP contribution in [0.3, 0.4) is 0 Å². The Morgan fingerprint density at radius 3 is 2.56 bits per heavy atom. The number of rotatable bonds is 2. The van der Waals surface area contributed by atoms with Gasteiger partial charge >= 0.3 is 6.18 Å². The molecule has 0 saturated carbocycles. The lowest BCUT2D eigenvalue weighted by Gasteiger charge is -2.10. The maximum atomic E-state index is 13.1. The van der Waals surface area contributed by atoms with Gasteiger partial charge in [-0.3, -0.25) is 0 Å². The van der Waals surface area contributed by atoms with Crippen LogP contribution in [0.1, 0.15) is 11.3 Å². The lowest BCUT2D eigenvalue weighted by molar-refractivity contribution is -0.143. The molecule has 0 spiro atoms. The van der Waals surface area contributed by atoms with E-state index < -0.39 is 11.9 Å². The summed E-state index contributed by atoms with van der Waals surface area (Å²) in [5.41, 5.74) is 5.64. The van der Waals surface area contributed by atoms with E-state index in [0.29, 0.717) is 10.9 Å². The Bertz CT molecular complexity index is 587. The van der Waals surface area contributed by atoms with Gasteiger partial charge in [-0.15, -0.1) is 0 Å². The third-order valence-electron chi connectivity index (χ3n) is 2.93. The van der Waals surface area contributed by atoms with Crippen molar-refractivity contribution < 1.29 is 13.2 Å². The first-order chi connectivity index (χ1) is 8.36. The Labute approximate surface area is 111 Å². The van der Waals surface area contributed by atoms with Gasteiger partial charge in [0.05, 0.1) is 0 Å². The van der Waals surface area contributed by atoms with Crippen LogP contribution in [-0.2, 0) is 19.6 Å². The molecule has 0 fully saturated rings. The molecular weight excluding hydrogens is 309 g/mol. The molecule has 1 heterocycles.